The first-order valence-electron chi connectivity index (χ1n) is 7.69. The molecule has 3 heteroatoms. The molecule has 0 radical (unpaired) electrons. The molecule has 20 heavy (non-hydrogen) atoms. The van der Waals surface area contributed by atoms with Crippen molar-refractivity contribution >= 4 is 17.8 Å². The fourth-order valence-electron chi connectivity index (χ4n) is 1.66. The summed E-state index contributed by atoms with van der Waals surface area (Å²) in [6, 6.07) is 7.61. The molecule has 1 atom stereocenters. The normalized spacial score (nSPS) is 10.3. The van der Waals surface area contributed by atoms with Crippen LogP contribution >= 0.6 is 0 Å². The standard InChI is InChI=1S/C12H18N2O.C3H8.C2H6/c1-3-5-10(2)14(9-15)12-7-4-6-11(13)8-12;1-3-2;1-2/h4,6-10H,3,5,13H2,1-2H3;3H2,1-2H3;1-2H3. The van der Waals surface area contributed by atoms with E-state index in [1.807, 2.05) is 45.0 Å². The van der Waals surface area contributed by atoms with Gasteiger partial charge in [-0.15, -0.1) is 0 Å². The number of carbonyl (C=O) groups is 1. The molecule has 0 aliphatic heterocycles. The largest absolute Gasteiger partial charge is 0.399 e. The Labute approximate surface area is 125 Å². The first-order valence-corrected chi connectivity index (χ1v) is 7.69. The Bertz CT molecular complexity index is 340. The molecule has 0 heterocycles. The maximum Gasteiger partial charge on any atom is 0.214 e. The second-order valence-corrected chi connectivity index (χ2v) is 4.45. The van der Waals surface area contributed by atoms with Gasteiger partial charge in [-0.2, -0.15) is 0 Å². The predicted octanol–water partition coefficient (Wildman–Crippen LogP) is 4.86. The minimum Gasteiger partial charge on any atom is -0.399 e. The highest BCUT2D eigenvalue weighted by Crippen LogP contribution is 2.20. The Morgan fingerprint density at radius 3 is 2.20 bits per heavy atom. The van der Waals surface area contributed by atoms with E-state index in [1.54, 1.807) is 4.90 Å². The van der Waals surface area contributed by atoms with Crippen LogP contribution in [0.25, 0.3) is 0 Å². The first-order chi connectivity index (χ1) is 9.60. The summed E-state index contributed by atoms with van der Waals surface area (Å²) in [5, 5.41) is 0. The van der Waals surface area contributed by atoms with Crippen molar-refractivity contribution in [3.8, 4) is 0 Å². The average Bonchev–Trinajstić information content (AvgIpc) is 2.43. The highest BCUT2D eigenvalue weighted by atomic mass is 16.1. The molecule has 0 saturated carbocycles. The molecule has 0 aliphatic carbocycles. The number of hydrogen-bond donors (Lipinski definition) is 1. The number of nitrogens with two attached hydrogens (primary N) is 1. The minimum absolute atomic E-state index is 0.217. The topological polar surface area (TPSA) is 46.3 Å². The lowest BCUT2D eigenvalue weighted by molar-refractivity contribution is -0.107. The SMILES string of the molecule is CC.CCC.CCCC(C)N(C=O)c1cccc(N)c1. The van der Waals surface area contributed by atoms with Crippen LogP contribution in [0.3, 0.4) is 0 Å². The van der Waals surface area contributed by atoms with Gasteiger partial charge >= 0.3 is 0 Å². The number of hydrogen-bond acceptors (Lipinski definition) is 2. The van der Waals surface area contributed by atoms with Crippen molar-refractivity contribution in [1.82, 2.24) is 0 Å². The highest BCUT2D eigenvalue weighted by molar-refractivity contribution is 5.77. The van der Waals surface area contributed by atoms with Gasteiger partial charge in [-0.05, 0) is 31.5 Å². The highest BCUT2D eigenvalue weighted by Gasteiger charge is 2.12. The molecular weight excluding hydrogens is 248 g/mol. The predicted molar refractivity (Wildman–Crippen MR) is 91.1 cm³/mol. The van der Waals surface area contributed by atoms with E-state index in [0.29, 0.717) is 5.69 Å². The van der Waals surface area contributed by atoms with Crippen molar-refractivity contribution in [1.29, 1.82) is 0 Å². The Morgan fingerprint density at radius 2 is 1.80 bits per heavy atom. The molecule has 0 aromatic heterocycles. The zero-order chi connectivity index (χ0) is 16.0. The molecule has 1 rings (SSSR count). The molecule has 1 unspecified atom stereocenters. The van der Waals surface area contributed by atoms with E-state index < -0.39 is 0 Å². The zero-order valence-electron chi connectivity index (χ0n) is 14.0. The number of amides is 1. The zero-order valence-corrected chi connectivity index (χ0v) is 14.0. The van der Waals surface area contributed by atoms with Crippen LogP contribution in [0.1, 0.15) is 60.8 Å². The Hall–Kier alpha value is -1.51. The molecular formula is C17H32N2O. The molecule has 0 aliphatic rings. The molecule has 1 amide bonds. The number of nitrogens with zero attached hydrogens (tertiary/aromatic N) is 1. The van der Waals surface area contributed by atoms with Crippen LogP contribution in [0.5, 0.6) is 0 Å². The van der Waals surface area contributed by atoms with Gasteiger partial charge in [0, 0.05) is 17.4 Å². The van der Waals surface area contributed by atoms with Gasteiger partial charge in [-0.1, -0.05) is 53.5 Å². The molecule has 0 bridgehead atoms. The smallest absolute Gasteiger partial charge is 0.214 e. The van der Waals surface area contributed by atoms with E-state index in [-0.39, 0.29) is 6.04 Å². The number of benzene rings is 1. The van der Waals surface area contributed by atoms with Crippen molar-refractivity contribution in [2.45, 2.75) is 66.8 Å². The Kier molecular flexibility index (Phi) is 14.5. The lowest BCUT2D eigenvalue weighted by atomic mass is 10.1. The van der Waals surface area contributed by atoms with E-state index >= 15 is 0 Å². The number of rotatable bonds is 5. The summed E-state index contributed by atoms with van der Waals surface area (Å²) in [4.78, 5) is 12.7. The maximum atomic E-state index is 11.0. The van der Waals surface area contributed by atoms with Crippen molar-refractivity contribution < 1.29 is 4.79 Å². The summed E-state index contributed by atoms with van der Waals surface area (Å²) < 4.78 is 0. The van der Waals surface area contributed by atoms with E-state index in [2.05, 4.69) is 20.8 Å². The second kappa shape index (κ2) is 13.9. The van der Waals surface area contributed by atoms with Crippen molar-refractivity contribution in [2.24, 2.45) is 0 Å². The lowest BCUT2D eigenvalue weighted by Gasteiger charge is -2.25. The Morgan fingerprint density at radius 1 is 1.25 bits per heavy atom. The third-order valence-electron chi connectivity index (χ3n) is 2.46. The second-order valence-electron chi connectivity index (χ2n) is 4.45. The Balaban J connectivity index is 0. The van der Waals surface area contributed by atoms with Crippen LogP contribution in [0.2, 0.25) is 0 Å². The van der Waals surface area contributed by atoms with Crippen molar-refractivity contribution in [3.05, 3.63) is 24.3 Å². The van der Waals surface area contributed by atoms with Crippen molar-refractivity contribution in [2.75, 3.05) is 10.6 Å². The third-order valence-corrected chi connectivity index (χ3v) is 2.46. The minimum atomic E-state index is 0.217. The number of nitrogen functional groups attached to an aromatic ring is 1. The van der Waals surface area contributed by atoms with Gasteiger partial charge in [0.2, 0.25) is 6.41 Å². The summed E-state index contributed by atoms with van der Waals surface area (Å²) in [6.45, 7) is 12.4. The fraction of sp³-hybridized carbons (Fsp3) is 0.588. The quantitative estimate of drug-likeness (QED) is 0.618. The first kappa shape index (κ1) is 20.8. The molecule has 1 aromatic rings. The van der Waals surface area contributed by atoms with Gasteiger partial charge in [0.1, 0.15) is 0 Å². The van der Waals surface area contributed by atoms with Crippen LogP contribution in [0.15, 0.2) is 24.3 Å². The molecule has 2 N–H and O–H groups in total. The van der Waals surface area contributed by atoms with Gasteiger partial charge < -0.3 is 10.6 Å². The summed E-state index contributed by atoms with van der Waals surface area (Å²) in [6.07, 6.45) is 4.18. The van der Waals surface area contributed by atoms with Crippen LogP contribution in [-0.2, 0) is 4.79 Å². The van der Waals surface area contributed by atoms with E-state index in [1.165, 1.54) is 6.42 Å². The van der Waals surface area contributed by atoms with Crippen LogP contribution in [0.4, 0.5) is 11.4 Å². The van der Waals surface area contributed by atoms with E-state index in [0.717, 1.165) is 24.9 Å². The van der Waals surface area contributed by atoms with Gasteiger partial charge in [-0.25, -0.2) is 0 Å². The summed E-state index contributed by atoms with van der Waals surface area (Å²) in [5.41, 5.74) is 7.23. The summed E-state index contributed by atoms with van der Waals surface area (Å²) >= 11 is 0. The number of anilines is 2. The van der Waals surface area contributed by atoms with Gasteiger partial charge in [0.15, 0.2) is 0 Å². The molecule has 0 saturated heterocycles. The van der Waals surface area contributed by atoms with Gasteiger partial charge in [0.05, 0.1) is 0 Å². The van der Waals surface area contributed by atoms with Crippen LogP contribution < -0.4 is 10.6 Å². The summed E-state index contributed by atoms with van der Waals surface area (Å²) in [5.74, 6) is 0. The lowest BCUT2D eigenvalue weighted by Crippen LogP contribution is -2.31. The van der Waals surface area contributed by atoms with Crippen LogP contribution in [0, 0.1) is 0 Å². The average molecular weight is 280 g/mol. The van der Waals surface area contributed by atoms with Gasteiger partial charge in [0.25, 0.3) is 0 Å². The summed E-state index contributed by atoms with van der Waals surface area (Å²) in [7, 11) is 0. The fourth-order valence-corrected chi connectivity index (χ4v) is 1.66. The van der Waals surface area contributed by atoms with Crippen LogP contribution in [-0.4, -0.2) is 12.5 Å². The third kappa shape index (κ3) is 8.57. The maximum absolute atomic E-state index is 11.0. The van der Waals surface area contributed by atoms with Crippen molar-refractivity contribution in [3.63, 3.8) is 0 Å². The molecule has 0 spiro atoms. The molecule has 116 valence electrons. The monoisotopic (exact) mass is 280 g/mol. The molecule has 3 nitrogen and oxygen atoms in total. The molecule has 0 fully saturated rings. The van der Waals surface area contributed by atoms with Gasteiger partial charge in [-0.3, -0.25) is 4.79 Å². The molecule has 1 aromatic carbocycles. The van der Waals surface area contributed by atoms with E-state index in [9.17, 15) is 4.79 Å². The number of carbonyl (C=O) groups excluding carboxylic acids is 1. The van der Waals surface area contributed by atoms with E-state index in [4.69, 9.17) is 5.73 Å².